The van der Waals surface area contributed by atoms with Crippen molar-refractivity contribution in [3.05, 3.63) is 48.5 Å². The average Bonchev–Trinajstić information content (AvgIpc) is 2.56. The number of nitrogens with one attached hydrogen (secondary N) is 1. The van der Waals surface area contributed by atoms with Gasteiger partial charge in [0.1, 0.15) is 10.7 Å². The molecule has 0 radical (unpaired) electrons. The Labute approximate surface area is 147 Å². The molecule has 0 saturated carbocycles. The van der Waals surface area contributed by atoms with Gasteiger partial charge in [-0.3, -0.25) is 9.69 Å². The number of sulfonamides is 1. The van der Waals surface area contributed by atoms with Crippen molar-refractivity contribution in [1.29, 1.82) is 0 Å². The number of nitrogens with zero attached hydrogens (tertiary/aromatic N) is 2. The van der Waals surface area contributed by atoms with Gasteiger partial charge in [0.2, 0.25) is 5.91 Å². The molecule has 1 aliphatic rings. The fraction of sp³-hybridized carbons (Fsp3) is 0.222. The molecule has 2 aromatic carbocycles. The van der Waals surface area contributed by atoms with Gasteiger partial charge in [-0.25, -0.2) is 0 Å². The number of amides is 1. The smallest absolute Gasteiger partial charge is 0.286 e. The van der Waals surface area contributed by atoms with Gasteiger partial charge in [-0.05, 0) is 36.8 Å². The quantitative estimate of drug-likeness (QED) is 0.905. The van der Waals surface area contributed by atoms with E-state index in [1.54, 1.807) is 12.1 Å². The van der Waals surface area contributed by atoms with E-state index in [1.807, 2.05) is 42.2 Å². The van der Waals surface area contributed by atoms with Crippen LogP contribution >= 0.6 is 0 Å². The van der Waals surface area contributed by atoms with Crippen molar-refractivity contribution in [3.8, 4) is 0 Å². The minimum absolute atomic E-state index is 0.0856. The lowest BCUT2D eigenvalue weighted by molar-refractivity contribution is -0.114. The number of hydrogen-bond acceptors (Lipinski definition) is 4. The number of amidine groups is 1. The number of anilines is 3. The molecule has 3 rings (SSSR count). The maximum absolute atomic E-state index is 12.6. The number of carbonyl (C=O) groups excluding carboxylic acids is 1. The number of para-hydroxylation sites is 1. The molecule has 0 aromatic heterocycles. The van der Waals surface area contributed by atoms with Crippen molar-refractivity contribution in [2.75, 3.05) is 10.2 Å². The van der Waals surface area contributed by atoms with Crippen LogP contribution in [-0.2, 0) is 14.8 Å². The second-order valence-electron chi connectivity index (χ2n) is 5.77. The molecule has 0 aliphatic carbocycles. The van der Waals surface area contributed by atoms with Gasteiger partial charge in [0.05, 0.1) is 5.69 Å². The third-order valence-electron chi connectivity index (χ3n) is 3.77. The maximum Gasteiger partial charge on any atom is 0.286 e. The molecule has 25 heavy (non-hydrogen) atoms. The molecule has 0 unspecified atom stereocenters. The number of fused-ring (bicyclic) bond motifs is 1. The first-order valence-corrected chi connectivity index (χ1v) is 9.47. The summed E-state index contributed by atoms with van der Waals surface area (Å²) >= 11 is 0. The lowest BCUT2D eigenvalue weighted by Gasteiger charge is -2.31. The summed E-state index contributed by atoms with van der Waals surface area (Å²) in [6.45, 7) is 3.36. The maximum atomic E-state index is 12.6. The van der Waals surface area contributed by atoms with Crippen LogP contribution in [0, 0.1) is 0 Å². The fourth-order valence-electron chi connectivity index (χ4n) is 2.80. The predicted molar refractivity (Wildman–Crippen MR) is 98.9 cm³/mol. The van der Waals surface area contributed by atoms with Crippen molar-refractivity contribution in [2.45, 2.75) is 31.6 Å². The van der Waals surface area contributed by atoms with Crippen LogP contribution in [0.5, 0.6) is 0 Å². The summed E-state index contributed by atoms with van der Waals surface area (Å²) in [5, 5.41) is 2.61. The molecule has 6 nitrogen and oxygen atoms in total. The molecule has 1 heterocycles. The monoisotopic (exact) mass is 357 g/mol. The first-order valence-electron chi connectivity index (χ1n) is 8.03. The highest BCUT2D eigenvalue weighted by molar-refractivity contribution is 7.90. The van der Waals surface area contributed by atoms with Crippen LogP contribution < -0.4 is 10.2 Å². The van der Waals surface area contributed by atoms with Gasteiger partial charge in [-0.15, -0.1) is 4.40 Å². The van der Waals surface area contributed by atoms with E-state index in [9.17, 15) is 13.2 Å². The van der Waals surface area contributed by atoms with Gasteiger partial charge in [-0.2, -0.15) is 8.42 Å². The molecule has 7 heteroatoms. The molecule has 0 spiro atoms. The summed E-state index contributed by atoms with van der Waals surface area (Å²) in [6, 6.07) is 14.4. The third kappa shape index (κ3) is 3.41. The molecule has 1 amide bonds. The summed E-state index contributed by atoms with van der Waals surface area (Å²) in [5.74, 6) is 0.233. The normalized spacial score (nSPS) is 15.3. The van der Waals surface area contributed by atoms with Crippen LogP contribution in [0.15, 0.2) is 57.8 Å². The number of hydrogen-bond donors (Lipinski definition) is 1. The topological polar surface area (TPSA) is 78.8 Å². The van der Waals surface area contributed by atoms with E-state index in [2.05, 4.69) is 9.71 Å². The predicted octanol–water partition coefficient (Wildman–Crippen LogP) is 3.68. The minimum atomic E-state index is -3.82. The van der Waals surface area contributed by atoms with Crippen LogP contribution in [-0.4, -0.2) is 20.2 Å². The summed E-state index contributed by atoms with van der Waals surface area (Å²) < 4.78 is 29.3. The Balaban J connectivity index is 2.20. The summed E-state index contributed by atoms with van der Waals surface area (Å²) in [4.78, 5) is 13.2. The first kappa shape index (κ1) is 17.2. The van der Waals surface area contributed by atoms with Crippen molar-refractivity contribution in [3.63, 3.8) is 0 Å². The van der Waals surface area contributed by atoms with Crippen LogP contribution in [0.3, 0.4) is 0 Å². The molecular weight excluding hydrogens is 338 g/mol. The first-order chi connectivity index (χ1) is 11.9. The molecule has 130 valence electrons. The van der Waals surface area contributed by atoms with Gasteiger partial charge in [0.15, 0.2) is 0 Å². The van der Waals surface area contributed by atoms with Crippen LogP contribution in [0.4, 0.5) is 17.1 Å². The second kappa shape index (κ2) is 6.68. The van der Waals surface area contributed by atoms with Gasteiger partial charge < -0.3 is 5.32 Å². The zero-order chi connectivity index (χ0) is 18.0. The Hall–Kier alpha value is -2.67. The number of rotatable bonds is 4. The van der Waals surface area contributed by atoms with E-state index in [4.69, 9.17) is 0 Å². The Bertz CT molecular complexity index is 937. The summed E-state index contributed by atoms with van der Waals surface area (Å²) in [5.41, 5.74) is 1.81. The molecule has 0 saturated heterocycles. The Morgan fingerprint density at radius 1 is 1.16 bits per heavy atom. The van der Waals surface area contributed by atoms with E-state index in [-0.39, 0.29) is 10.8 Å². The van der Waals surface area contributed by atoms with Gasteiger partial charge in [-0.1, -0.05) is 25.1 Å². The van der Waals surface area contributed by atoms with Crippen molar-refractivity contribution >= 4 is 38.8 Å². The van der Waals surface area contributed by atoms with E-state index >= 15 is 0 Å². The molecule has 0 bridgehead atoms. The van der Waals surface area contributed by atoms with Crippen molar-refractivity contribution in [1.82, 2.24) is 0 Å². The Morgan fingerprint density at radius 2 is 1.88 bits per heavy atom. The standard InChI is InChI=1S/C18H19N3O3S/c1-3-7-18-20-25(23,24)17-12-14(19-13(2)22)10-11-16(17)21(18)15-8-5-4-6-9-15/h4-6,8-12H,3,7H2,1-2H3,(H,19,22). The second-order valence-corrected chi connectivity index (χ2v) is 7.34. The highest BCUT2D eigenvalue weighted by atomic mass is 32.2. The zero-order valence-corrected chi connectivity index (χ0v) is 14.9. The van der Waals surface area contributed by atoms with Crippen LogP contribution in [0.1, 0.15) is 26.7 Å². The lowest BCUT2D eigenvalue weighted by Crippen LogP contribution is -2.31. The molecule has 2 aromatic rings. The molecule has 0 atom stereocenters. The molecule has 1 aliphatic heterocycles. The van der Waals surface area contributed by atoms with E-state index in [1.165, 1.54) is 13.0 Å². The minimum Gasteiger partial charge on any atom is -0.326 e. The Kier molecular flexibility index (Phi) is 4.59. The van der Waals surface area contributed by atoms with Crippen molar-refractivity contribution < 1.29 is 13.2 Å². The Morgan fingerprint density at radius 3 is 2.52 bits per heavy atom. The number of benzene rings is 2. The summed E-state index contributed by atoms with van der Waals surface area (Å²) in [7, 11) is -3.82. The molecule has 0 fully saturated rings. The average molecular weight is 357 g/mol. The third-order valence-corrected chi connectivity index (χ3v) is 5.10. The molecular formula is C18H19N3O3S. The van der Waals surface area contributed by atoms with Gasteiger partial charge >= 0.3 is 0 Å². The molecule has 1 N–H and O–H groups in total. The van der Waals surface area contributed by atoms with Crippen LogP contribution in [0.25, 0.3) is 0 Å². The summed E-state index contributed by atoms with van der Waals surface area (Å²) in [6.07, 6.45) is 1.32. The van der Waals surface area contributed by atoms with Crippen LogP contribution in [0.2, 0.25) is 0 Å². The number of carbonyl (C=O) groups is 1. The highest BCUT2D eigenvalue weighted by Crippen LogP contribution is 2.38. The van der Waals surface area contributed by atoms with E-state index in [0.717, 1.165) is 12.1 Å². The van der Waals surface area contributed by atoms with E-state index in [0.29, 0.717) is 23.6 Å². The van der Waals surface area contributed by atoms with E-state index < -0.39 is 10.0 Å². The van der Waals surface area contributed by atoms with Crippen molar-refractivity contribution in [2.24, 2.45) is 4.40 Å². The zero-order valence-electron chi connectivity index (χ0n) is 14.1. The van der Waals surface area contributed by atoms with Gasteiger partial charge in [0, 0.05) is 24.7 Å². The lowest BCUT2D eigenvalue weighted by atomic mass is 10.2. The highest BCUT2D eigenvalue weighted by Gasteiger charge is 2.31. The SMILES string of the molecule is CCCC1=NS(=O)(=O)c2cc(NC(C)=O)ccc2N1c1ccccc1. The fourth-order valence-corrected chi connectivity index (χ4v) is 4.05. The van der Waals surface area contributed by atoms with Gasteiger partial charge in [0.25, 0.3) is 10.0 Å². The largest absolute Gasteiger partial charge is 0.326 e.